The highest BCUT2D eigenvalue weighted by Gasteiger charge is 2.18. The Morgan fingerprint density at radius 2 is 2.06 bits per heavy atom. The Labute approximate surface area is 91.3 Å². The molecular formula is C10H10N4O2. The highest BCUT2D eigenvalue weighted by atomic mass is 16.4. The van der Waals surface area contributed by atoms with Crippen LogP contribution in [0.2, 0.25) is 0 Å². The number of carboxylic acids is 1. The first kappa shape index (κ1) is 10.3. The molecule has 0 aliphatic carbocycles. The lowest BCUT2D eigenvalue weighted by atomic mass is 10.2. The van der Waals surface area contributed by atoms with Crippen LogP contribution in [-0.4, -0.2) is 26.1 Å². The highest BCUT2D eigenvalue weighted by molar-refractivity contribution is 5.74. The number of carbonyl (C=O) groups is 1. The molecule has 0 bridgehead atoms. The van der Waals surface area contributed by atoms with E-state index in [-0.39, 0.29) is 5.69 Å². The molecule has 2 aromatic rings. The van der Waals surface area contributed by atoms with Gasteiger partial charge in [-0.3, -0.25) is 4.79 Å². The fourth-order valence-electron chi connectivity index (χ4n) is 1.25. The van der Waals surface area contributed by atoms with Gasteiger partial charge in [0.15, 0.2) is 0 Å². The molecule has 6 nitrogen and oxygen atoms in total. The van der Waals surface area contributed by atoms with Crippen LogP contribution in [0.15, 0.2) is 36.5 Å². The van der Waals surface area contributed by atoms with Gasteiger partial charge in [-0.2, -0.15) is 0 Å². The molecule has 1 aromatic carbocycles. The average Bonchev–Trinajstić information content (AvgIpc) is 2.78. The molecule has 82 valence electrons. The van der Waals surface area contributed by atoms with Gasteiger partial charge in [0, 0.05) is 0 Å². The number of aromatic nitrogens is 3. The number of nitrogens with two attached hydrogens (primary N) is 1. The number of hydrogen-bond donors (Lipinski definition) is 2. The number of carboxylic acid groups (broad SMARTS) is 1. The summed E-state index contributed by atoms with van der Waals surface area (Å²) in [6.07, 6.45) is 1.51. The first-order chi connectivity index (χ1) is 7.68. The van der Waals surface area contributed by atoms with Crippen LogP contribution in [0, 0.1) is 0 Å². The number of rotatable bonds is 3. The summed E-state index contributed by atoms with van der Waals surface area (Å²) in [7, 11) is 0. The van der Waals surface area contributed by atoms with E-state index in [0.717, 1.165) is 5.69 Å². The molecule has 0 saturated heterocycles. The van der Waals surface area contributed by atoms with E-state index in [9.17, 15) is 4.79 Å². The van der Waals surface area contributed by atoms with E-state index in [2.05, 4.69) is 10.3 Å². The molecule has 0 fully saturated rings. The molecule has 0 aliphatic rings. The quantitative estimate of drug-likeness (QED) is 0.775. The van der Waals surface area contributed by atoms with Crippen molar-refractivity contribution in [2.24, 2.45) is 5.73 Å². The fourth-order valence-corrected chi connectivity index (χ4v) is 1.25. The summed E-state index contributed by atoms with van der Waals surface area (Å²) >= 11 is 0. The van der Waals surface area contributed by atoms with Crippen molar-refractivity contribution in [2.45, 2.75) is 6.04 Å². The van der Waals surface area contributed by atoms with Crippen molar-refractivity contribution in [3.63, 3.8) is 0 Å². The van der Waals surface area contributed by atoms with Crippen LogP contribution in [0.25, 0.3) is 5.69 Å². The second kappa shape index (κ2) is 4.11. The van der Waals surface area contributed by atoms with Gasteiger partial charge in [0.05, 0.1) is 11.9 Å². The first-order valence-electron chi connectivity index (χ1n) is 4.64. The lowest BCUT2D eigenvalue weighted by Gasteiger charge is -2.00. The topological polar surface area (TPSA) is 94.0 Å². The van der Waals surface area contributed by atoms with Crippen LogP contribution in [0.1, 0.15) is 11.7 Å². The Morgan fingerprint density at radius 1 is 1.38 bits per heavy atom. The molecule has 0 amide bonds. The number of benzene rings is 1. The zero-order chi connectivity index (χ0) is 11.5. The van der Waals surface area contributed by atoms with Crippen LogP contribution in [0.4, 0.5) is 0 Å². The Morgan fingerprint density at radius 3 is 2.69 bits per heavy atom. The van der Waals surface area contributed by atoms with Gasteiger partial charge in [-0.25, -0.2) is 4.68 Å². The van der Waals surface area contributed by atoms with Crippen LogP contribution in [-0.2, 0) is 4.79 Å². The summed E-state index contributed by atoms with van der Waals surface area (Å²) in [5.41, 5.74) is 6.45. The van der Waals surface area contributed by atoms with Crippen LogP contribution in [0.3, 0.4) is 0 Å². The van der Waals surface area contributed by atoms with Crippen molar-refractivity contribution in [3.8, 4) is 5.69 Å². The molecule has 16 heavy (non-hydrogen) atoms. The van der Waals surface area contributed by atoms with Crippen molar-refractivity contribution in [1.29, 1.82) is 0 Å². The second-order valence-electron chi connectivity index (χ2n) is 3.24. The minimum atomic E-state index is -1.14. The average molecular weight is 218 g/mol. The van der Waals surface area contributed by atoms with Crippen LogP contribution in [0.5, 0.6) is 0 Å². The van der Waals surface area contributed by atoms with Gasteiger partial charge in [-0.15, -0.1) is 5.10 Å². The van der Waals surface area contributed by atoms with E-state index in [1.54, 1.807) is 0 Å². The molecule has 1 atom stereocenters. The van der Waals surface area contributed by atoms with Gasteiger partial charge in [0.1, 0.15) is 11.7 Å². The van der Waals surface area contributed by atoms with E-state index in [1.165, 1.54) is 10.9 Å². The van der Waals surface area contributed by atoms with Crippen molar-refractivity contribution >= 4 is 5.97 Å². The Kier molecular flexibility index (Phi) is 2.65. The molecule has 6 heteroatoms. The third kappa shape index (κ3) is 1.91. The van der Waals surface area contributed by atoms with Crippen LogP contribution >= 0.6 is 0 Å². The van der Waals surface area contributed by atoms with Gasteiger partial charge in [0.2, 0.25) is 0 Å². The van der Waals surface area contributed by atoms with Gasteiger partial charge in [-0.05, 0) is 12.1 Å². The van der Waals surface area contributed by atoms with E-state index >= 15 is 0 Å². The van der Waals surface area contributed by atoms with E-state index in [4.69, 9.17) is 10.8 Å². The molecule has 1 aromatic heterocycles. The predicted molar refractivity (Wildman–Crippen MR) is 55.9 cm³/mol. The maximum atomic E-state index is 10.6. The summed E-state index contributed by atoms with van der Waals surface area (Å²) in [4.78, 5) is 10.6. The summed E-state index contributed by atoms with van der Waals surface area (Å²) in [6.45, 7) is 0. The number of hydrogen-bond acceptors (Lipinski definition) is 4. The molecule has 0 radical (unpaired) electrons. The monoisotopic (exact) mass is 218 g/mol. The van der Waals surface area contributed by atoms with Gasteiger partial charge < -0.3 is 10.8 Å². The SMILES string of the molecule is NC(C(=O)O)c1cn(-c2ccccc2)nn1. The molecule has 3 N–H and O–H groups in total. The van der Waals surface area contributed by atoms with Crippen molar-refractivity contribution in [2.75, 3.05) is 0 Å². The largest absolute Gasteiger partial charge is 0.480 e. The Balaban J connectivity index is 2.30. The number of nitrogens with zero attached hydrogens (tertiary/aromatic N) is 3. The third-order valence-corrected chi connectivity index (χ3v) is 2.12. The first-order valence-corrected chi connectivity index (χ1v) is 4.64. The number of aliphatic carboxylic acids is 1. The summed E-state index contributed by atoms with van der Waals surface area (Å²) in [5, 5.41) is 16.2. The van der Waals surface area contributed by atoms with E-state index in [0.29, 0.717) is 0 Å². The zero-order valence-corrected chi connectivity index (χ0v) is 8.32. The predicted octanol–water partition coefficient (Wildman–Crippen LogP) is 0.352. The second-order valence-corrected chi connectivity index (χ2v) is 3.24. The van der Waals surface area contributed by atoms with Crippen LogP contribution < -0.4 is 5.73 Å². The molecule has 1 heterocycles. The standard InChI is InChI=1S/C10H10N4O2/c11-9(10(15)16)8-6-14(13-12-8)7-4-2-1-3-5-7/h1-6,9H,11H2,(H,15,16). The van der Waals surface area contributed by atoms with E-state index < -0.39 is 12.0 Å². The van der Waals surface area contributed by atoms with E-state index in [1.807, 2.05) is 30.3 Å². The smallest absolute Gasteiger partial charge is 0.326 e. The third-order valence-electron chi connectivity index (χ3n) is 2.12. The lowest BCUT2D eigenvalue weighted by molar-refractivity contribution is -0.138. The molecule has 2 rings (SSSR count). The van der Waals surface area contributed by atoms with Gasteiger partial charge in [0.25, 0.3) is 0 Å². The van der Waals surface area contributed by atoms with Gasteiger partial charge in [-0.1, -0.05) is 23.4 Å². The Hall–Kier alpha value is -2.21. The van der Waals surface area contributed by atoms with Crippen molar-refractivity contribution in [1.82, 2.24) is 15.0 Å². The maximum absolute atomic E-state index is 10.6. The summed E-state index contributed by atoms with van der Waals surface area (Å²) in [6, 6.07) is 8.12. The minimum absolute atomic E-state index is 0.233. The molecule has 1 unspecified atom stereocenters. The number of para-hydroxylation sites is 1. The van der Waals surface area contributed by atoms with Crippen molar-refractivity contribution < 1.29 is 9.90 Å². The summed E-state index contributed by atoms with van der Waals surface area (Å²) in [5.74, 6) is -1.12. The molecule has 0 saturated carbocycles. The summed E-state index contributed by atoms with van der Waals surface area (Å²) < 4.78 is 1.48. The minimum Gasteiger partial charge on any atom is -0.480 e. The zero-order valence-electron chi connectivity index (χ0n) is 8.32. The Bertz CT molecular complexity index is 495. The molecule has 0 spiro atoms. The molecular weight excluding hydrogens is 208 g/mol. The fraction of sp³-hybridized carbons (Fsp3) is 0.100. The normalized spacial score (nSPS) is 12.3. The lowest BCUT2D eigenvalue weighted by Crippen LogP contribution is -2.20. The highest BCUT2D eigenvalue weighted by Crippen LogP contribution is 2.10. The maximum Gasteiger partial charge on any atom is 0.326 e. The molecule has 0 aliphatic heterocycles. The van der Waals surface area contributed by atoms with Gasteiger partial charge >= 0.3 is 5.97 Å². The van der Waals surface area contributed by atoms with Crippen molar-refractivity contribution in [3.05, 3.63) is 42.2 Å².